The van der Waals surface area contributed by atoms with Crippen LogP contribution >= 0.6 is 0 Å². The fourth-order valence-electron chi connectivity index (χ4n) is 2.05. The highest BCUT2D eigenvalue weighted by molar-refractivity contribution is 5.54. The zero-order valence-electron chi connectivity index (χ0n) is 12.5. The first-order valence-corrected chi connectivity index (χ1v) is 7.11. The Bertz CT molecular complexity index is 536. The van der Waals surface area contributed by atoms with E-state index in [4.69, 9.17) is 0 Å². The molecule has 1 heterocycles. The average Bonchev–Trinajstić information content (AvgIpc) is 2.93. The summed E-state index contributed by atoms with van der Waals surface area (Å²) in [6.45, 7) is 8.62. The number of nitrogens with zero attached hydrogens (tertiary/aromatic N) is 2. The van der Waals surface area contributed by atoms with Gasteiger partial charge in [0.05, 0.1) is 6.33 Å². The van der Waals surface area contributed by atoms with Crippen molar-refractivity contribution in [1.29, 1.82) is 0 Å². The minimum atomic E-state index is 0.692. The normalized spacial score (nSPS) is 12.1. The number of hydrogen-bond acceptors (Lipinski definition) is 2. The number of hydrogen-bond donors (Lipinski definition) is 1. The van der Waals surface area contributed by atoms with Gasteiger partial charge in [0, 0.05) is 24.6 Å². The molecule has 2 rings (SSSR count). The van der Waals surface area contributed by atoms with Crippen molar-refractivity contribution in [2.45, 2.75) is 20.8 Å². The zero-order chi connectivity index (χ0) is 14.4. The number of nitrogens with one attached hydrogen (secondary N) is 1. The number of rotatable bonds is 6. The fraction of sp³-hybridized carbons (Fsp3) is 0.353. The number of benzene rings is 1. The molecule has 0 aliphatic heterocycles. The average molecular weight is 269 g/mol. The van der Waals surface area contributed by atoms with E-state index in [0.29, 0.717) is 5.92 Å². The Morgan fingerprint density at radius 3 is 2.65 bits per heavy atom. The molecule has 0 fully saturated rings. The van der Waals surface area contributed by atoms with Crippen molar-refractivity contribution >= 4 is 6.08 Å². The summed E-state index contributed by atoms with van der Waals surface area (Å²) in [7, 11) is 0. The van der Waals surface area contributed by atoms with Gasteiger partial charge < -0.3 is 9.88 Å². The summed E-state index contributed by atoms with van der Waals surface area (Å²) in [5.74, 6) is 0.692. The molecule has 0 spiro atoms. The highest BCUT2D eigenvalue weighted by Crippen LogP contribution is 2.12. The summed E-state index contributed by atoms with van der Waals surface area (Å²) in [5.41, 5.74) is 3.72. The molecule has 0 saturated carbocycles. The van der Waals surface area contributed by atoms with Crippen LogP contribution in [-0.4, -0.2) is 22.6 Å². The minimum absolute atomic E-state index is 0.692. The molecule has 1 N–H and O–H groups in total. The van der Waals surface area contributed by atoms with E-state index in [-0.39, 0.29) is 0 Å². The van der Waals surface area contributed by atoms with Crippen LogP contribution in [0.4, 0.5) is 0 Å². The Morgan fingerprint density at radius 2 is 2.05 bits per heavy atom. The van der Waals surface area contributed by atoms with Gasteiger partial charge in [0.2, 0.25) is 0 Å². The summed E-state index contributed by atoms with van der Waals surface area (Å²) < 4.78 is 2.00. The molecular weight excluding hydrogens is 246 g/mol. The molecule has 20 heavy (non-hydrogen) atoms. The maximum absolute atomic E-state index is 4.06. The highest BCUT2D eigenvalue weighted by Gasteiger charge is 1.97. The van der Waals surface area contributed by atoms with Gasteiger partial charge in [-0.05, 0) is 37.1 Å². The maximum atomic E-state index is 4.06. The standard InChI is InChI=1S/C17H23N3/c1-14(2)11-19-12-15(3)10-16-4-6-17(7-5-16)20-9-8-18-13-20/h4-10,13-14,19H,11-12H2,1-3H3. The first-order valence-electron chi connectivity index (χ1n) is 7.11. The Balaban J connectivity index is 1.96. The summed E-state index contributed by atoms with van der Waals surface area (Å²) in [5, 5.41) is 3.46. The van der Waals surface area contributed by atoms with E-state index in [1.807, 2.05) is 17.1 Å². The van der Waals surface area contributed by atoms with E-state index >= 15 is 0 Å². The third kappa shape index (κ3) is 4.35. The lowest BCUT2D eigenvalue weighted by atomic mass is 10.1. The summed E-state index contributed by atoms with van der Waals surface area (Å²) in [6.07, 6.45) is 7.78. The van der Waals surface area contributed by atoms with Gasteiger partial charge in [0.1, 0.15) is 0 Å². The third-order valence-electron chi connectivity index (χ3n) is 3.07. The molecule has 0 unspecified atom stereocenters. The van der Waals surface area contributed by atoms with Crippen molar-refractivity contribution in [3.63, 3.8) is 0 Å². The molecule has 1 aromatic heterocycles. The van der Waals surface area contributed by atoms with Crippen molar-refractivity contribution in [2.24, 2.45) is 5.92 Å². The molecule has 0 saturated heterocycles. The lowest BCUT2D eigenvalue weighted by Crippen LogP contribution is -2.21. The lowest BCUT2D eigenvalue weighted by molar-refractivity contribution is 0.572. The lowest BCUT2D eigenvalue weighted by Gasteiger charge is -2.08. The van der Waals surface area contributed by atoms with Gasteiger partial charge in [0.15, 0.2) is 0 Å². The number of imidazole rings is 1. The second-order valence-electron chi connectivity index (χ2n) is 5.58. The molecule has 3 heteroatoms. The second-order valence-corrected chi connectivity index (χ2v) is 5.58. The molecule has 0 radical (unpaired) electrons. The number of aromatic nitrogens is 2. The molecule has 0 amide bonds. The molecule has 1 aromatic carbocycles. The highest BCUT2D eigenvalue weighted by atomic mass is 15.0. The van der Waals surface area contributed by atoms with Crippen LogP contribution in [-0.2, 0) is 0 Å². The maximum Gasteiger partial charge on any atom is 0.0991 e. The van der Waals surface area contributed by atoms with Crippen LogP contribution in [0.5, 0.6) is 0 Å². The van der Waals surface area contributed by atoms with Gasteiger partial charge in [0.25, 0.3) is 0 Å². The Morgan fingerprint density at radius 1 is 1.30 bits per heavy atom. The fourth-order valence-corrected chi connectivity index (χ4v) is 2.05. The zero-order valence-corrected chi connectivity index (χ0v) is 12.5. The molecule has 2 aromatic rings. The van der Waals surface area contributed by atoms with Gasteiger partial charge in [-0.25, -0.2) is 4.98 Å². The summed E-state index contributed by atoms with van der Waals surface area (Å²) in [6, 6.07) is 8.51. The van der Waals surface area contributed by atoms with Crippen LogP contribution in [0, 0.1) is 5.92 Å². The molecule has 0 aliphatic rings. The first-order chi connectivity index (χ1) is 9.65. The Kier molecular flexibility index (Phi) is 5.13. The van der Waals surface area contributed by atoms with Gasteiger partial charge in [-0.2, -0.15) is 0 Å². The predicted molar refractivity (Wildman–Crippen MR) is 84.9 cm³/mol. The van der Waals surface area contributed by atoms with Gasteiger partial charge >= 0.3 is 0 Å². The van der Waals surface area contributed by atoms with Crippen molar-refractivity contribution in [3.05, 3.63) is 54.1 Å². The van der Waals surface area contributed by atoms with E-state index in [9.17, 15) is 0 Å². The van der Waals surface area contributed by atoms with Crippen LogP contribution in [0.2, 0.25) is 0 Å². The topological polar surface area (TPSA) is 29.9 Å². The van der Waals surface area contributed by atoms with Gasteiger partial charge in [-0.3, -0.25) is 0 Å². The van der Waals surface area contributed by atoms with E-state index < -0.39 is 0 Å². The van der Waals surface area contributed by atoms with E-state index in [0.717, 1.165) is 18.8 Å². The van der Waals surface area contributed by atoms with Crippen LogP contribution in [0.1, 0.15) is 26.3 Å². The summed E-state index contributed by atoms with van der Waals surface area (Å²) >= 11 is 0. The van der Waals surface area contributed by atoms with Gasteiger partial charge in [-0.15, -0.1) is 0 Å². The monoisotopic (exact) mass is 269 g/mol. The van der Waals surface area contributed by atoms with Crippen LogP contribution < -0.4 is 5.32 Å². The molecule has 0 aliphatic carbocycles. The largest absolute Gasteiger partial charge is 0.313 e. The molecular formula is C17H23N3. The van der Waals surface area contributed by atoms with Gasteiger partial charge in [-0.1, -0.05) is 37.6 Å². The van der Waals surface area contributed by atoms with Crippen molar-refractivity contribution < 1.29 is 0 Å². The third-order valence-corrected chi connectivity index (χ3v) is 3.07. The second kappa shape index (κ2) is 7.06. The van der Waals surface area contributed by atoms with E-state index in [2.05, 4.69) is 61.4 Å². The van der Waals surface area contributed by atoms with Crippen molar-refractivity contribution in [1.82, 2.24) is 14.9 Å². The minimum Gasteiger partial charge on any atom is -0.313 e. The van der Waals surface area contributed by atoms with E-state index in [1.54, 1.807) is 6.20 Å². The summed E-state index contributed by atoms with van der Waals surface area (Å²) in [4.78, 5) is 4.06. The van der Waals surface area contributed by atoms with E-state index in [1.165, 1.54) is 11.1 Å². The molecule has 0 atom stereocenters. The van der Waals surface area contributed by atoms with Crippen LogP contribution in [0.25, 0.3) is 11.8 Å². The van der Waals surface area contributed by atoms with Crippen LogP contribution in [0.15, 0.2) is 48.6 Å². The first kappa shape index (κ1) is 14.5. The quantitative estimate of drug-likeness (QED) is 0.869. The van der Waals surface area contributed by atoms with Crippen molar-refractivity contribution in [2.75, 3.05) is 13.1 Å². The molecule has 3 nitrogen and oxygen atoms in total. The molecule has 106 valence electrons. The Labute approximate surface area is 121 Å². The van der Waals surface area contributed by atoms with Crippen molar-refractivity contribution in [3.8, 4) is 5.69 Å². The van der Waals surface area contributed by atoms with Crippen LogP contribution in [0.3, 0.4) is 0 Å². The predicted octanol–water partition coefficient (Wildman–Crippen LogP) is 3.52. The SMILES string of the molecule is CC(=Cc1ccc(-n2ccnc2)cc1)CNCC(C)C. The molecule has 0 bridgehead atoms. The Hall–Kier alpha value is -1.87. The smallest absolute Gasteiger partial charge is 0.0991 e.